The van der Waals surface area contributed by atoms with Gasteiger partial charge in [-0.1, -0.05) is 26.0 Å². The van der Waals surface area contributed by atoms with Gasteiger partial charge in [0.05, 0.1) is 0 Å². The number of carbonyl (C=O) groups excluding carboxylic acids is 1. The Morgan fingerprint density at radius 1 is 1.16 bits per heavy atom. The van der Waals surface area contributed by atoms with E-state index in [1.54, 1.807) is 0 Å². The largest absolute Gasteiger partial charge is 0.481 e. The van der Waals surface area contributed by atoms with Gasteiger partial charge in [0.2, 0.25) is 0 Å². The predicted molar refractivity (Wildman–Crippen MR) is 104 cm³/mol. The van der Waals surface area contributed by atoms with Crippen LogP contribution in [-0.2, 0) is 4.79 Å². The summed E-state index contributed by atoms with van der Waals surface area (Å²) in [7, 11) is 0. The Bertz CT molecular complexity index is 565. The summed E-state index contributed by atoms with van der Waals surface area (Å²) in [5.74, 6) is 2.84. The Kier molecular flexibility index (Phi) is 7.14. The number of ether oxygens (including phenoxy) is 1. The quantitative estimate of drug-likeness (QED) is 0.887. The van der Waals surface area contributed by atoms with Gasteiger partial charge in [-0.25, -0.2) is 0 Å². The number of benzene rings is 1. The minimum Gasteiger partial charge on any atom is -0.481 e. The lowest BCUT2D eigenvalue weighted by molar-refractivity contribution is -0.137. The zero-order valence-electron chi connectivity index (χ0n) is 15.5. The van der Waals surface area contributed by atoms with Crippen LogP contribution in [0.25, 0.3) is 0 Å². The average Bonchev–Trinajstić information content (AvgIpc) is 2.93. The fourth-order valence-electron chi connectivity index (χ4n) is 3.90. The van der Waals surface area contributed by atoms with Crippen molar-refractivity contribution in [3.8, 4) is 5.75 Å². The molecule has 1 aromatic carbocycles. The Morgan fingerprint density at radius 2 is 1.80 bits per heavy atom. The van der Waals surface area contributed by atoms with E-state index < -0.39 is 6.10 Å². The highest BCUT2D eigenvalue weighted by molar-refractivity contribution is 5.85. The van der Waals surface area contributed by atoms with Gasteiger partial charge in [-0.3, -0.25) is 4.79 Å². The standard InChI is InChI=1S/C20H30N2O2.ClH/c1-14(2)16-5-4-6-19(11-16)24-15(3)20(23)22-9-7-17-12-21-13-18(17)8-10-22;/h4-6,11,14-15,17-18,21H,7-10,12-13H2,1-3H3;1H/t15?,17-,18+;. The molecule has 2 heterocycles. The first-order valence-corrected chi connectivity index (χ1v) is 9.30. The maximum Gasteiger partial charge on any atom is 0.263 e. The predicted octanol–water partition coefficient (Wildman–Crippen LogP) is 3.46. The molecule has 0 saturated carbocycles. The van der Waals surface area contributed by atoms with Crippen molar-refractivity contribution in [2.24, 2.45) is 11.8 Å². The van der Waals surface area contributed by atoms with Gasteiger partial charge in [-0.15, -0.1) is 12.4 Å². The van der Waals surface area contributed by atoms with Gasteiger partial charge in [0.1, 0.15) is 5.75 Å². The lowest BCUT2D eigenvalue weighted by Crippen LogP contribution is -2.41. The van der Waals surface area contributed by atoms with Crippen molar-refractivity contribution >= 4 is 18.3 Å². The van der Waals surface area contributed by atoms with Crippen molar-refractivity contribution in [2.75, 3.05) is 26.2 Å². The molecule has 1 amide bonds. The van der Waals surface area contributed by atoms with Gasteiger partial charge in [0.25, 0.3) is 5.91 Å². The maximum atomic E-state index is 12.8. The fourth-order valence-corrected chi connectivity index (χ4v) is 3.90. The normalized spacial score (nSPS) is 24.2. The molecule has 0 radical (unpaired) electrons. The highest BCUT2D eigenvalue weighted by Crippen LogP contribution is 2.27. The van der Waals surface area contributed by atoms with Crippen LogP contribution < -0.4 is 10.1 Å². The van der Waals surface area contributed by atoms with Crippen molar-refractivity contribution in [3.63, 3.8) is 0 Å². The highest BCUT2D eigenvalue weighted by Gasteiger charge is 2.32. The van der Waals surface area contributed by atoms with E-state index in [9.17, 15) is 4.79 Å². The van der Waals surface area contributed by atoms with Crippen LogP contribution in [0.2, 0.25) is 0 Å². The minimum absolute atomic E-state index is 0. The number of fused-ring (bicyclic) bond motifs is 1. The Labute approximate surface area is 157 Å². The highest BCUT2D eigenvalue weighted by atomic mass is 35.5. The van der Waals surface area contributed by atoms with Crippen molar-refractivity contribution in [3.05, 3.63) is 29.8 Å². The molecule has 4 nitrogen and oxygen atoms in total. The SMILES string of the molecule is CC(Oc1cccc(C(C)C)c1)C(=O)N1CC[C@@H]2CNC[C@@H]2CC1.Cl. The molecule has 2 fully saturated rings. The minimum atomic E-state index is -0.427. The Morgan fingerprint density at radius 3 is 2.40 bits per heavy atom. The zero-order chi connectivity index (χ0) is 17.1. The number of rotatable bonds is 4. The molecule has 140 valence electrons. The van der Waals surface area contributed by atoms with Crippen LogP contribution in [0.1, 0.15) is 45.1 Å². The van der Waals surface area contributed by atoms with E-state index >= 15 is 0 Å². The zero-order valence-corrected chi connectivity index (χ0v) is 16.3. The molecule has 2 saturated heterocycles. The molecule has 3 rings (SSSR count). The van der Waals surface area contributed by atoms with Gasteiger partial charge in [-0.2, -0.15) is 0 Å². The molecule has 5 heteroatoms. The summed E-state index contributed by atoms with van der Waals surface area (Å²) in [5.41, 5.74) is 1.24. The molecule has 0 spiro atoms. The molecular formula is C20H31ClN2O2. The third kappa shape index (κ3) is 4.89. The number of hydrogen-bond acceptors (Lipinski definition) is 3. The lowest BCUT2D eigenvalue weighted by Gasteiger charge is -2.25. The molecule has 2 aliphatic rings. The summed E-state index contributed by atoms with van der Waals surface area (Å²) in [6.45, 7) is 10.1. The average molecular weight is 367 g/mol. The van der Waals surface area contributed by atoms with E-state index in [1.807, 2.05) is 30.0 Å². The smallest absolute Gasteiger partial charge is 0.263 e. The van der Waals surface area contributed by atoms with E-state index in [2.05, 4.69) is 25.2 Å². The number of halogens is 1. The second kappa shape index (κ2) is 8.91. The van der Waals surface area contributed by atoms with Gasteiger partial charge in [-0.05, 0) is 68.3 Å². The number of nitrogens with one attached hydrogen (secondary N) is 1. The number of amides is 1. The lowest BCUT2D eigenvalue weighted by atomic mass is 9.92. The van der Waals surface area contributed by atoms with Gasteiger partial charge < -0.3 is 15.0 Å². The number of carbonyl (C=O) groups is 1. The van der Waals surface area contributed by atoms with Gasteiger partial charge >= 0.3 is 0 Å². The topological polar surface area (TPSA) is 41.6 Å². The second-order valence-corrected chi connectivity index (χ2v) is 7.57. The molecule has 0 aliphatic carbocycles. The second-order valence-electron chi connectivity index (χ2n) is 7.57. The molecule has 2 aliphatic heterocycles. The fraction of sp³-hybridized carbons (Fsp3) is 0.650. The van der Waals surface area contributed by atoms with Crippen LogP contribution in [0, 0.1) is 11.8 Å². The summed E-state index contributed by atoms with van der Waals surface area (Å²) >= 11 is 0. The van der Waals surface area contributed by atoms with Crippen LogP contribution in [0.15, 0.2) is 24.3 Å². The van der Waals surface area contributed by atoms with E-state index in [-0.39, 0.29) is 18.3 Å². The van der Waals surface area contributed by atoms with Crippen LogP contribution in [0.4, 0.5) is 0 Å². The molecule has 25 heavy (non-hydrogen) atoms. The van der Waals surface area contributed by atoms with Gasteiger partial charge in [0, 0.05) is 13.1 Å². The third-order valence-electron chi connectivity index (χ3n) is 5.52. The molecule has 0 aromatic heterocycles. The van der Waals surface area contributed by atoms with Crippen LogP contribution >= 0.6 is 12.4 Å². The van der Waals surface area contributed by atoms with Crippen molar-refractivity contribution in [1.82, 2.24) is 10.2 Å². The molecule has 3 atom stereocenters. The van der Waals surface area contributed by atoms with E-state index in [1.165, 1.54) is 5.56 Å². The Balaban J connectivity index is 0.00000225. The first kappa shape index (κ1) is 20.1. The van der Waals surface area contributed by atoms with Crippen molar-refractivity contribution < 1.29 is 9.53 Å². The third-order valence-corrected chi connectivity index (χ3v) is 5.52. The van der Waals surface area contributed by atoms with E-state index in [4.69, 9.17) is 4.74 Å². The van der Waals surface area contributed by atoms with Crippen LogP contribution in [0.3, 0.4) is 0 Å². The monoisotopic (exact) mass is 366 g/mol. The molecule has 1 aromatic rings. The summed E-state index contributed by atoms with van der Waals surface area (Å²) < 4.78 is 5.95. The maximum absolute atomic E-state index is 12.8. The molecule has 1 N–H and O–H groups in total. The summed E-state index contributed by atoms with van der Waals surface area (Å²) in [4.78, 5) is 14.8. The van der Waals surface area contributed by atoms with E-state index in [0.717, 1.165) is 56.6 Å². The summed E-state index contributed by atoms with van der Waals surface area (Å²) in [6.07, 6.45) is 1.79. The van der Waals surface area contributed by atoms with E-state index in [0.29, 0.717) is 5.92 Å². The van der Waals surface area contributed by atoms with Crippen LogP contribution in [-0.4, -0.2) is 43.1 Å². The number of hydrogen-bond donors (Lipinski definition) is 1. The van der Waals surface area contributed by atoms with Crippen LogP contribution in [0.5, 0.6) is 5.75 Å². The van der Waals surface area contributed by atoms with Crippen molar-refractivity contribution in [1.29, 1.82) is 0 Å². The molecule has 1 unspecified atom stereocenters. The van der Waals surface area contributed by atoms with Gasteiger partial charge in [0.15, 0.2) is 6.10 Å². The number of nitrogens with zero attached hydrogens (tertiary/aromatic N) is 1. The molecule has 0 bridgehead atoms. The first-order chi connectivity index (χ1) is 11.5. The summed E-state index contributed by atoms with van der Waals surface area (Å²) in [6, 6.07) is 8.09. The number of likely N-dealkylation sites (tertiary alicyclic amines) is 1. The summed E-state index contributed by atoms with van der Waals surface area (Å²) in [5, 5.41) is 3.48. The Hall–Kier alpha value is -1.26. The van der Waals surface area contributed by atoms with Crippen molar-refractivity contribution in [2.45, 2.75) is 45.6 Å². The first-order valence-electron chi connectivity index (χ1n) is 9.30. The molecular weight excluding hydrogens is 336 g/mol.